The monoisotopic (exact) mass is 1280 g/mol. The van der Waals surface area contributed by atoms with Crippen LogP contribution < -0.4 is 5.32 Å². The van der Waals surface area contributed by atoms with E-state index in [0.717, 1.165) is 139 Å². The summed E-state index contributed by atoms with van der Waals surface area (Å²) >= 11 is 0. The van der Waals surface area contributed by atoms with Crippen LogP contribution in [-0.4, -0.2) is 113 Å². The van der Waals surface area contributed by atoms with E-state index >= 15 is 0 Å². The molecule has 0 atom stereocenters. The zero-order valence-electron chi connectivity index (χ0n) is 55.6. The lowest BCUT2D eigenvalue weighted by Crippen LogP contribution is -2.36. The van der Waals surface area contributed by atoms with Crippen LogP contribution in [0.1, 0.15) is 206 Å². The minimum Gasteiger partial charge on any atom is -0.350 e. The number of aromatic nitrogens is 15. The van der Waals surface area contributed by atoms with Gasteiger partial charge in [-0.3, -0.25) is 57.4 Å². The number of hydrogen-bond acceptors (Lipinski definition) is 12. The summed E-state index contributed by atoms with van der Waals surface area (Å²) in [5.41, 5.74) is 27.2. The fraction of sp³-hybridized carbons (Fsp3) is 0.440. The SMILES string of the molecule is CC(C)N1Cc2nn(C)cc2-c2cnc3c(c2)C(=CC3)c2cn(nc2C2CC2)CCCC1=O.Cn1cc2c(n1)CN(C1CC1)C(=O)CCCn1cc(c(C3CC3)n1)C1=CCc3ncc-2cc31.Cn1cc2c(n1)CNC(=O)CCCn1cc(c(C3CC3)n1)C1=CCc3ncc-2cc31. The third-order valence-electron chi connectivity index (χ3n) is 20.8. The molecule has 1 N–H and O–H groups in total. The zero-order chi connectivity index (χ0) is 65.0. The second kappa shape index (κ2) is 24.2. The van der Waals surface area contributed by atoms with E-state index in [-0.39, 0.29) is 23.8 Å². The number of carbonyl (C=O) groups is 3. The van der Waals surface area contributed by atoms with Crippen molar-refractivity contribution in [3.8, 4) is 33.4 Å². The van der Waals surface area contributed by atoms with E-state index in [0.29, 0.717) is 62.7 Å². The molecule has 12 bridgehead atoms. The van der Waals surface area contributed by atoms with Gasteiger partial charge in [0.1, 0.15) is 0 Å². The summed E-state index contributed by atoms with van der Waals surface area (Å²) in [4.78, 5) is 57.3. The largest absolute Gasteiger partial charge is 0.350 e. The predicted octanol–water partition coefficient (Wildman–Crippen LogP) is 10.9. The van der Waals surface area contributed by atoms with Crippen LogP contribution >= 0.6 is 0 Å². The minimum atomic E-state index is 0.0483. The maximum absolute atomic E-state index is 13.2. The molecular weight excluding hydrogens is 1200 g/mol. The topological polar surface area (TPSA) is 215 Å². The molecule has 0 radical (unpaired) electrons. The molecule has 7 aliphatic carbocycles. The molecule has 0 aromatic carbocycles. The standard InChI is InChI=1S/C26H28N6O.C26H30N6O.C23H24N6O/c1-30-13-21-17-11-20-19(8-9-23(20)27-12-17)22-14-31(29-26(22)16-4-5-16)10-2-3-25(33)32(18-6-7-18)15-24(21)28-30;1-16(2)32-15-24-21(13-30(3)28-24)18-11-20-19(8-9-23(20)27-12-18)22-14-31(10-4-5-25(32)33)29-26(22)17-6-7-17;1-28-12-18-15-9-17-16(6-7-20(17)24-10-15)19-13-29(27-23(19)14-4-5-14)8-2-3-22(30)25-11-21(18)26-28/h8,11-14,16,18H,2-7,9-10,15H2,1H3;8,11-14,16-17H,4-7,9-10,15H2,1-3H3;6,9-10,12-14H,2-5,7-8,11H2,1H3,(H,25,30). The molecule has 9 aromatic heterocycles. The maximum Gasteiger partial charge on any atom is 0.223 e. The van der Waals surface area contributed by atoms with Crippen LogP contribution in [0.4, 0.5) is 0 Å². The van der Waals surface area contributed by atoms with Crippen molar-refractivity contribution in [2.24, 2.45) is 21.1 Å². The number of pyridine rings is 3. The van der Waals surface area contributed by atoms with Crippen LogP contribution in [0.15, 0.2) is 92.2 Å². The van der Waals surface area contributed by atoms with E-state index in [2.05, 4.69) is 99.7 Å². The number of rotatable bonds is 5. The fourth-order valence-electron chi connectivity index (χ4n) is 15.2. The molecule has 0 unspecified atom stereocenters. The van der Waals surface area contributed by atoms with Crippen molar-refractivity contribution in [3.63, 3.8) is 0 Å². The van der Waals surface area contributed by atoms with Crippen molar-refractivity contribution in [3.05, 3.63) is 177 Å². The third-order valence-corrected chi connectivity index (χ3v) is 20.8. The highest BCUT2D eigenvalue weighted by Crippen LogP contribution is 2.49. The van der Waals surface area contributed by atoms with Gasteiger partial charge in [-0.15, -0.1) is 0 Å². The Balaban J connectivity index is 0.000000109. The summed E-state index contributed by atoms with van der Waals surface area (Å²) < 4.78 is 11.7. The quantitative estimate of drug-likeness (QED) is 0.170. The number of nitrogens with zero attached hydrogens (tertiary/aromatic N) is 17. The average molecular weight is 1280 g/mol. The van der Waals surface area contributed by atoms with E-state index in [1.165, 1.54) is 106 Å². The van der Waals surface area contributed by atoms with E-state index < -0.39 is 0 Å². The summed E-state index contributed by atoms with van der Waals surface area (Å²) in [6.45, 7) is 7.92. The smallest absolute Gasteiger partial charge is 0.223 e. The summed E-state index contributed by atoms with van der Waals surface area (Å²) in [5.74, 6) is 2.14. The summed E-state index contributed by atoms with van der Waals surface area (Å²) in [5, 5.41) is 32.0. The van der Waals surface area contributed by atoms with Crippen molar-refractivity contribution >= 4 is 34.4 Å². The molecule has 4 fully saturated rings. The molecule has 3 aliphatic heterocycles. The molecule has 490 valence electrons. The van der Waals surface area contributed by atoms with Gasteiger partial charge < -0.3 is 15.1 Å². The Morgan fingerprint density at radius 1 is 0.427 bits per heavy atom. The summed E-state index contributed by atoms with van der Waals surface area (Å²) in [6.07, 6.45) is 41.4. The van der Waals surface area contributed by atoms with Gasteiger partial charge in [-0.25, -0.2) is 0 Å². The van der Waals surface area contributed by atoms with Gasteiger partial charge in [-0.2, -0.15) is 30.6 Å². The summed E-state index contributed by atoms with van der Waals surface area (Å²) in [6, 6.07) is 7.23. The molecule has 21 heteroatoms. The lowest BCUT2D eigenvalue weighted by Gasteiger charge is -2.26. The van der Waals surface area contributed by atoms with Gasteiger partial charge in [-0.05, 0) is 119 Å². The Hall–Kier alpha value is -9.66. The van der Waals surface area contributed by atoms with Gasteiger partial charge in [0, 0.05) is 232 Å². The van der Waals surface area contributed by atoms with Crippen molar-refractivity contribution in [1.29, 1.82) is 0 Å². The predicted molar refractivity (Wildman–Crippen MR) is 363 cm³/mol. The van der Waals surface area contributed by atoms with Crippen LogP contribution in [0.5, 0.6) is 0 Å². The van der Waals surface area contributed by atoms with E-state index in [1.807, 2.05) is 71.1 Å². The molecule has 9 aromatic rings. The van der Waals surface area contributed by atoms with Crippen molar-refractivity contribution in [2.75, 3.05) is 0 Å². The molecule has 96 heavy (non-hydrogen) atoms. The summed E-state index contributed by atoms with van der Waals surface area (Å²) in [7, 11) is 5.81. The normalized spacial score (nSPS) is 19.0. The van der Waals surface area contributed by atoms with Crippen LogP contribution in [0.3, 0.4) is 0 Å². The highest BCUT2D eigenvalue weighted by Gasteiger charge is 2.38. The molecular formula is C75H82N18O3. The first-order valence-corrected chi connectivity index (χ1v) is 35.0. The second-order valence-electron chi connectivity index (χ2n) is 28.5. The van der Waals surface area contributed by atoms with Gasteiger partial charge in [0.15, 0.2) is 0 Å². The first kappa shape index (κ1) is 60.0. The molecule has 19 rings (SSSR count). The Morgan fingerprint density at radius 2 is 0.823 bits per heavy atom. The van der Waals surface area contributed by atoms with Crippen LogP contribution in [-0.2, 0) is 94.1 Å². The molecule has 12 heterocycles. The molecule has 0 spiro atoms. The van der Waals surface area contributed by atoms with Gasteiger partial charge >= 0.3 is 0 Å². The molecule has 21 nitrogen and oxygen atoms in total. The maximum atomic E-state index is 13.2. The second-order valence-corrected chi connectivity index (χ2v) is 28.5. The van der Waals surface area contributed by atoms with E-state index in [1.54, 1.807) is 4.68 Å². The Labute approximate surface area is 558 Å². The molecule has 10 aliphatic rings. The number of carbonyl (C=O) groups excluding carboxylic acids is 3. The van der Waals surface area contributed by atoms with Crippen LogP contribution in [0, 0.1) is 0 Å². The van der Waals surface area contributed by atoms with Crippen molar-refractivity contribution in [1.82, 2.24) is 88.8 Å². The molecule has 3 amide bonds. The van der Waals surface area contributed by atoms with Gasteiger partial charge in [-0.1, -0.05) is 18.2 Å². The number of nitrogens with one attached hydrogen (secondary N) is 1. The molecule has 0 saturated heterocycles. The third kappa shape index (κ3) is 11.7. The molecule has 4 saturated carbocycles. The van der Waals surface area contributed by atoms with Crippen LogP contribution in [0.2, 0.25) is 0 Å². The Morgan fingerprint density at radius 3 is 1.24 bits per heavy atom. The zero-order valence-corrected chi connectivity index (χ0v) is 55.6. The van der Waals surface area contributed by atoms with Gasteiger partial charge in [0.25, 0.3) is 0 Å². The number of fused-ring (bicyclic) bond motifs is 18. The highest BCUT2D eigenvalue weighted by molar-refractivity contribution is 5.90. The van der Waals surface area contributed by atoms with Crippen LogP contribution in [0.25, 0.3) is 50.1 Å². The first-order chi connectivity index (χ1) is 46.8. The number of hydrogen-bond donors (Lipinski definition) is 1. The van der Waals surface area contributed by atoms with Crippen molar-refractivity contribution in [2.45, 2.75) is 192 Å². The highest BCUT2D eigenvalue weighted by atomic mass is 16.2. The van der Waals surface area contributed by atoms with Crippen molar-refractivity contribution < 1.29 is 14.4 Å². The minimum absolute atomic E-state index is 0.0483. The fourth-order valence-corrected chi connectivity index (χ4v) is 15.2. The number of aryl methyl sites for hydroxylation is 6. The first-order valence-electron chi connectivity index (χ1n) is 35.0. The Bertz CT molecular complexity index is 4520. The van der Waals surface area contributed by atoms with Gasteiger partial charge in [0.2, 0.25) is 17.7 Å². The van der Waals surface area contributed by atoms with E-state index in [9.17, 15) is 14.4 Å². The average Bonchev–Trinajstić information content (AvgIpc) is 1.62. The van der Waals surface area contributed by atoms with Gasteiger partial charge in [0.05, 0.1) is 70.9 Å². The number of amides is 3. The lowest BCUT2D eigenvalue weighted by molar-refractivity contribution is -0.134. The Kier molecular flexibility index (Phi) is 15.1. The number of allylic oxidation sites excluding steroid dienone is 3. The van der Waals surface area contributed by atoms with E-state index in [4.69, 9.17) is 40.4 Å². The lowest BCUT2D eigenvalue weighted by atomic mass is 9.97.